The van der Waals surface area contributed by atoms with Crippen molar-refractivity contribution in [1.82, 2.24) is 9.97 Å². The average Bonchev–Trinajstić information content (AvgIpc) is 2.76. The van der Waals surface area contributed by atoms with Crippen LogP contribution in [0.15, 0.2) is 23.4 Å². The molecule has 1 N–H and O–H groups in total. The lowest BCUT2D eigenvalue weighted by Gasteiger charge is -1.97. The Morgan fingerprint density at radius 2 is 2.33 bits per heavy atom. The van der Waals surface area contributed by atoms with Gasteiger partial charge in [-0.1, -0.05) is 17.8 Å². The number of esters is 1. The predicted octanol–water partition coefficient (Wildman–Crippen LogP) is 2.92. The monoisotopic (exact) mass is 264 g/mol. The highest BCUT2D eigenvalue weighted by atomic mass is 32.2. The van der Waals surface area contributed by atoms with E-state index < -0.39 is 0 Å². The molecule has 1 aromatic heterocycles. The van der Waals surface area contributed by atoms with Gasteiger partial charge in [-0.15, -0.1) is 0 Å². The summed E-state index contributed by atoms with van der Waals surface area (Å²) in [6.45, 7) is 2.06. The number of rotatable bonds is 5. The highest BCUT2D eigenvalue weighted by Crippen LogP contribution is 2.21. The standard InChI is InChI=1S/C13H16N2O2S/c1-9-5-6-10-11(8-9)15-13(14-10)18-7-3-4-12(16)17-2/h5-6,8H,3-4,7H2,1-2H3,(H,14,15). The highest BCUT2D eigenvalue weighted by molar-refractivity contribution is 7.99. The van der Waals surface area contributed by atoms with Crippen LogP contribution in [-0.4, -0.2) is 28.8 Å². The topological polar surface area (TPSA) is 55.0 Å². The summed E-state index contributed by atoms with van der Waals surface area (Å²) in [7, 11) is 1.41. The Kier molecular flexibility index (Phi) is 4.25. The number of aromatic amines is 1. The maximum atomic E-state index is 10.9. The smallest absolute Gasteiger partial charge is 0.305 e. The number of ether oxygens (including phenoxy) is 1. The number of H-pyrrole nitrogens is 1. The second-order valence-electron chi connectivity index (χ2n) is 4.09. The third kappa shape index (κ3) is 3.26. The minimum absolute atomic E-state index is 0.157. The maximum Gasteiger partial charge on any atom is 0.305 e. The molecule has 0 radical (unpaired) electrons. The minimum Gasteiger partial charge on any atom is -0.469 e. The molecule has 5 heteroatoms. The summed E-state index contributed by atoms with van der Waals surface area (Å²) in [5.41, 5.74) is 3.26. The Morgan fingerprint density at radius 1 is 1.50 bits per heavy atom. The Hall–Kier alpha value is -1.49. The molecular weight excluding hydrogens is 248 g/mol. The first-order valence-corrected chi connectivity index (χ1v) is 6.83. The zero-order chi connectivity index (χ0) is 13.0. The maximum absolute atomic E-state index is 10.9. The van der Waals surface area contributed by atoms with Gasteiger partial charge < -0.3 is 9.72 Å². The average molecular weight is 264 g/mol. The molecule has 0 fully saturated rings. The molecule has 18 heavy (non-hydrogen) atoms. The van der Waals surface area contributed by atoms with Gasteiger partial charge >= 0.3 is 5.97 Å². The van der Waals surface area contributed by atoms with Gasteiger partial charge in [-0.3, -0.25) is 4.79 Å². The quantitative estimate of drug-likeness (QED) is 0.512. The molecule has 96 valence electrons. The van der Waals surface area contributed by atoms with Crippen LogP contribution < -0.4 is 0 Å². The lowest BCUT2D eigenvalue weighted by atomic mass is 10.2. The number of carbonyl (C=O) groups excluding carboxylic acids is 1. The van der Waals surface area contributed by atoms with Crippen molar-refractivity contribution in [2.75, 3.05) is 12.9 Å². The molecule has 1 heterocycles. The van der Waals surface area contributed by atoms with Gasteiger partial charge in [-0.25, -0.2) is 4.98 Å². The number of hydrogen-bond acceptors (Lipinski definition) is 4. The van der Waals surface area contributed by atoms with E-state index in [1.165, 1.54) is 12.7 Å². The third-order valence-corrected chi connectivity index (χ3v) is 3.57. The number of fused-ring (bicyclic) bond motifs is 1. The number of carbonyl (C=O) groups is 1. The first kappa shape index (κ1) is 13.0. The molecule has 0 spiro atoms. The van der Waals surface area contributed by atoms with E-state index >= 15 is 0 Å². The first-order valence-electron chi connectivity index (χ1n) is 5.85. The highest BCUT2D eigenvalue weighted by Gasteiger charge is 2.04. The first-order chi connectivity index (χ1) is 8.69. The van der Waals surface area contributed by atoms with Crippen LogP contribution in [0.25, 0.3) is 11.0 Å². The predicted molar refractivity (Wildman–Crippen MR) is 72.8 cm³/mol. The summed E-state index contributed by atoms with van der Waals surface area (Å²) in [6, 6.07) is 6.15. The Bertz CT molecular complexity index is 551. The van der Waals surface area contributed by atoms with Crippen LogP contribution >= 0.6 is 11.8 Å². The molecule has 0 aliphatic rings. The summed E-state index contributed by atoms with van der Waals surface area (Å²) in [5.74, 6) is 0.698. The largest absolute Gasteiger partial charge is 0.469 e. The molecule has 2 aromatic rings. The second kappa shape index (κ2) is 5.91. The summed E-state index contributed by atoms with van der Waals surface area (Å²) in [4.78, 5) is 18.7. The van der Waals surface area contributed by atoms with Crippen LogP contribution in [0.1, 0.15) is 18.4 Å². The second-order valence-corrected chi connectivity index (χ2v) is 5.17. The van der Waals surface area contributed by atoms with E-state index in [0.717, 1.165) is 28.4 Å². The summed E-state index contributed by atoms with van der Waals surface area (Å²) >= 11 is 1.63. The molecule has 2 rings (SSSR count). The summed E-state index contributed by atoms with van der Waals surface area (Å²) in [6.07, 6.45) is 1.26. The van der Waals surface area contributed by atoms with Gasteiger partial charge in [-0.05, 0) is 31.0 Å². The lowest BCUT2D eigenvalue weighted by molar-refractivity contribution is -0.140. The van der Waals surface area contributed by atoms with Gasteiger partial charge in [0.25, 0.3) is 0 Å². The number of aromatic nitrogens is 2. The fourth-order valence-electron chi connectivity index (χ4n) is 1.66. The van der Waals surface area contributed by atoms with Crippen LogP contribution in [0.4, 0.5) is 0 Å². The van der Waals surface area contributed by atoms with E-state index in [0.29, 0.717) is 6.42 Å². The van der Waals surface area contributed by atoms with Gasteiger partial charge in [-0.2, -0.15) is 0 Å². The molecule has 0 saturated carbocycles. The van der Waals surface area contributed by atoms with Crippen LogP contribution in [0.3, 0.4) is 0 Å². The van der Waals surface area contributed by atoms with Crippen LogP contribution in [0.2, 0.25) is 0 Å². The minimum atomic E-state index is -0.157. The van der Waals surface area contributed by atoms with E-state index in [2.05, 4.69) is 33.8 Å². The molecule has 0 aliphatic carbocycles. The van der Waals surface area contributed by atoms with Gasteiger partial charge in [0.2, 0.25) is 0 Å². The van der Waals surface area contributed by atoms with Crippen molar-refractivity contribution >= 4 is 28.8 Å². The Balaban J connectivity index is 1.90. The number of thioether (sulfide) groups is 1. The molecule has 0 saturated heterocycles. The molecule has 0 atom stereocenters. The number of nitrogens with zero attached hydrogens (tertiary/aromatic N) is 1. The van der Waals surface area contributed by atoms with Crippen molar-refractivity contribution in [3.8, 4) is 0 Å². The van der Waals surface area contributed by atoms with E-state index in [-0.39, 0.29) is 5.97 Å². The number of methoxy groups -OCH3 is 1. The zero-order valence-electron chi connectivity index (χ0n) is 10.5. The Labute approximate surface area is 110 Å². The van der Waals surface area contributed by atoms with E-state index in [1.54, 1.807) is 11.8 Å². The number of benzene rings is 1. The van der Waals surface area contributed by atoms with E-state index in [9.17, 15) is 4.79 Å². The number of aryl methyl sites for hydroxylation is 1. The molecule has 0 aliphatic heterocycles. The summed E-state index contributed by atoms with van der Waals surface area (Å²) in [5, 5.41) is 0.903. The SMILES string of the molecule is COC(=O)CCCSc1nc2ccc(C)cc2[nH]1. The van der Waals surface area contributed by atoms with Crippen LogP contribution in [0, 0.1) is 6.92 Å². The lowest BCUT2D eigenvalue weighted by Crippen LogP contribution is -2.00. The van der Waals surface area contributed by atoms with Gasteiger partial charge in [0, 0.05) is 12.2 Å². The van der Waals surface area contributed by atoms with Crippen LogP contribution in [-0.2, 0) is 9.53 Å². The van der Waals surface area contributed by atoms with Crippen molar-refractivity contribution < 1.29 is 9.53 Å². The van der Waals surface area contributed by atoms with E-state index in [1.807, 2.05) is 6.07 Å². The molecule has 0 amide bonds. The zero-order valence-corrected chi connectivity index (χ0v) is 11.3. The normalized spacial score (nSPS) is 10.8. The Morgan fingerprint density at radius 3 is 3.11 bits per heavy atom. The van der Waals surface area contributed by atoms with E-state index in [4.69, 9.17) is 0 Å². The van der Waals surface area contributed by atoms with Crippen molar-refractivity contribution in [2.24, 2.45) is 0 Å². The van der Waals surface area contributed by atoms with Gasteiger partial charge in [0.05, 0.1) is 18.1 Å². The third-order valence-electron chi connectivity index (χ3n) is 2.61. The molecule has 0 unspecified atom stereocenters. The van der Waals surface area contributed by atoms with Crippen molar-refractivity contribution in [3.05, 3.63) is 23.8 Å². The molecule has 1 aromatic carbocycles. The molecular formula is C13H16N2O2S. The molecule has 4 nitrogen and oxygen atoms in total. The van der Waals surface area contributed by atoms with Crippen LogP contribution in [0.5, 0.6) is 0 Å². The van der Waals surface area contributed by atoms with Crippen molar-refractivity contribution in [2.45, 2.75) is 24.9 Å². The number of nitrogens with one attached hydrogen (secondary N) is 1. The van der Waals surface area contributed by atoms with Crippen molar-refractivity contribution in [1.29, 1.82) is 0 Å². The molecule has 0 bridgehead atoms. The fraction of sp³-hybridized carbons (Fsp3) is 0.385. The van der Waals surface area contributed by atoms with Gasteiger partial charge in [0.1, 0.15) is 0 Å². The summed E-state index contributed by atoms with van der Waals surface area (Å²) < 4.78 is 4.59. The number of imidazole rings is 1. The van der Waals surface area contributed by atoms with Crippen molar-refractivity contribution in [3.63, 3.8) is 0 Å². The van der Waals surface area contributed by atoms with Gasteiger partial charge in [0.15, 0.2) is 5.16 Å². The number of hydrogen-bond donors (Lipinski definition) is 1. The fourth-order valence-corrected chi connectivity index (χ4v) is 2.48.